The normalized spacial score (nSPS) is 21.3. The second-order valence-electron chi connectivity index (χ2n) is 8.58. The molecule has 0 bridgehead atoms. The number of nitrogens with zero attached hydrogens (tertiary/aromatic N) is 3. The number of pyridine rings is 1. The molecular formula is C24H24F2N4O3. The summed E-state index contributed by atoms with van der Waals surface area (Å²) in [5, 5.41) is 16.9. The highest BCUT2D eigenvalue weighted by molar-refractivity contribution is 5.93. The van der Waals surface area contributed by atoms with Gasteiger partial charge in [-0.1, -0.05) is 12.1 Å². The molecule has 2 atom stereocenters. The Kier molecular flexibility index (Phi) is 5.57. The SMILES string of the molecule is O=C(N[C@@H]1CC(F)(F)CC[C@H]1O)c1cc(Cc2ccc(-n3cccn3)cc2)c2c(n1)CCO2. The molecule has 1 aromatic carbocycles. The number of halogens is 2. The van der Waals surface area contributed by atoms with Crippen molar-refractivity contribution in [3.63, 3.8) is 0 Å². The lowest BCUT2D eigenvalue weighted by molar-refractivity contribution is -0.0768. The summed E-state index contributed by atoms with van der Waals surface area (Å²) in [5.41, 5.74) is 3.58. The van der Waals surface area contributed by atoms with E-state index in [2.05, 4.69) is 15.4 Å². The third kappa shape index (κ3) is 4.59. The minimum atomic E-state index is -2.90. The number of ether oxygens (including phenoxy) is 1. The number of rotatable bonds is 5. The van der Waals surface area contributed by atoms with Crippen LogP contribution < -0.4 is 10.1 Å². The molecule has 0 unspecified atom stereocenters. The summed E-state index contributed by atoms with van der Waals surface area (Å²) in [6.07, 6.45) is 2.67. The van der Waals surface area contributed by atoms with E-state index in [0.717, 1.165) is 16.8 Å². The molecule has 3 aromatic rings. The molecule has 0 saturated heterocycles. The van der Waals surface area contributed by atoms with E-state index in [-0.39, 0.29) is 18.5 Å². The average molecular weight is 454 g/mol. The summed E-state index contributed by atoms with van der Waals surface area (Å²) in [6.45, 7) is 0.478. The van der Waals surface area contributed by atoms with Crippen molar-refractivity contribution >= 4 is 5.91 Å². The highest BCUT2D eigenvalue weighted by atomic mass is 19.3. The molecule has 0 spiro atoms. The van der Waals surface area contributed by atoms with Gasteiger partial charge < -0.3 is 15.2 Å². The van der Waals surface area contributed by atoms with Crippen LogP contribution in [0.1, 0.15) is 46.6 Å². The summed E-state index contributed by atoms with van der Waals surface area (Å²) in [7, 11) is 0. The van der Waals surface area contributed by atoms with Gasteiger partial charge in [-0.25, -0.2) is 18.4 Å². The first kappa shape index (κ1) is 21.5. The number of carbonyl (C=O) groups is 1. The van der Waals surface area contributed by atoms with E-state index in [1.165, 1.54) is 0 Å². The van der Waals surface area contributed by atoms with Crippen molar-refractivity contribution in [2.45, 2.75) is 50.2 Å². The number of amides is 1. The number of aromatic nitrogens is 3. The number of fused-ring (bicyclic) bond motifs is 1. The Balaban J connectivity index is 1.36. The molecular weight excluding hydrogens is 430 g/mol. The van der Waals surface area contributed by atoms with Crippen LogP contribution in [0.3, 0.4) is 0 Å². The van der Waals surface area contributed by atoms with Crippen LogP contribution in [0.5, 0.6) is 5.75 Å². The summed E-state index contributed by atoms with van der Waals surface area (Å²) in [4.78, 5) is 17.3. The van der Waals surface area contributed by atoms with E-state index in [1.54, 1.807) is 16.9 Å². The lowest BCUT2D eigenvalue weighted by atomic mass is 9.89. The number of hydrogen-bond donors (Lipinski definition) is 2. The van der Waals surface area contributed by atoms with E-state index < -0.39 is 30.4 Å². The molecule has 1 aliphatic heterocycles. The molecule has 7 nitrogen and oxygen atoms in total. The van der Waals surface area contributed by atoms with Crippen molar-refractivity contribution in [2.24, 2.45) is 0 Å². The maximum Gasteiger partial charge on any atom is 0.270 e. The zero-order valence-electron chi connectivity index (χ0n) is 17.9. The summed E-state index contributed by atoms with van der Waals surface area (Å²) >= 11 is 0. The molecule has 2 aromatic heterocycles. The van der Waals surface area contributed by atoms with Gasteiger partial charge in [0.25, 0.3) is 5.91 Å². The standard InChI is InChI=1S/C24H24F2N4O3/c25-24(26)8-6-21(31)20(14-24)29-23(32)19-13-16(22-18(28-19)7-11-33-22)12-15-2-4-17(5-3-15)30-10-1-9-27-30/h1-5,9-10,13,20-21,31H,6-8,11-12,14H2,(H,29,32)/t20-,21-/m1/s1. The molecule has 3 heterocycles. The van der Waals surface area contributed by atoms with Crippen LogP contribution >= 0.6 is 0 Å². The Morgan fingerprint density at radius 2 is 2.12 bits per heavy atom. The van der Waals surface area contributed by atoms with E-state index in [9.17, 15) is 18.7 Å². The maximum atomic E-state index is 13.8. The summed E-state index contributed by atoms with van der Waals surface area (Å²) < 4.78 is 35.1. The molecule has 172 valence electrons. The highest BCUT2D eigenvalue weighted by Gasteiger charge is 2.41. The fraction of sp³-hybridized carbons (Fsp3) is 0.375. The van der Waals surface area contributed by atoms with E-state index in [4.69, 9.17) is 4.74 Å². The maximum absolute atomic E-state index is 13.8. The van der Waals surface area contributed by atoms with Crippen molar-refractivity contribution in [1.82, 2.24) is 20.1 Å². The quantitative estimate of drug-likeness (QED) is 0.619. The van der Waals surface area contributed by atoms with Crippen LogP contribution in [0.15, 0.2) is 48.8 Å². The number of benzene rings is 1. The zero-order valence-corrected chi connectivity index (χ0v) is 17.9. The van der Waals surface area contributed by atoms with Gasteiger partial charge in [-0.15, -0.1) is 0 Å². The van der Waals surface area contributed by atoms with Crippen molar-refractivity contribution in [3.8, 4) is 11.4 Å². The monoisotopic (exact) mass is 454 g/mol. The van der Waals surface area contributed by atoms with Crippen LogP contribution in [0.4, 0.5) is 8.78 Å². The van der Waals surface area contributed by atoms with Crippen LogP contribution in [0.25, 0.3) is 5.69 Å². The molecule has 0 radical (unpaired) electrons. The first-order chi connectivity index (χ1) is 15.9. The Hall–Kier alpha value is -3.33. The van der Waals surface area contributed by atoms with E-state index >= 15 is 0 Å². The average Bonchev–Trinajstić information content (AvgIpc) is 3.49. The van der Waals surface area contributed by atoms with Crippen molar-refractivity contribution in [3.05, 3.63) is 71.3 Å². The molecule has 9 heteroatoms. The largest absolute Gasteiger partial charge is 0.491 e. The molecule has 1 aliphatic carbocycles. The van der Waals surface area contributed by atoms with Gasteiger partial charge in [0, 0.05) is 43.6 Å². The summed E-state index contributed by atoms with van der Waals surface area (Å²) in [5.74, 6) is -2.79. The van der Waals surface area contributed by atoms with Gasteiger partial charge in [0.15, 0.2) is 0 Å². The van der Waals surface area contributed by atoms with Crippen molar-refractivity contribution in [1.29, 1.82) is 0 Å². The van der Waals surface area contributed by atoms with E-state index in [1.807, 2.05) is 36.5 Å². The Labute approximate surface area is 189 Å². The fourth-order valence-corrected chi connectivity index (χ4v) is 4.40. The Morgan fingerprint density at radius 1 is 1.30 bits per heavy atom. The number of aliphatic hydroxyl groups is 1. The van der Waals surface area contributed by atoms with Gasteiger partial charge >= 0.3 is 0 Å². The van der Waals surface area contributed by atoms with Gasteiger partial charge in [0.1, 0.15) is 11.4 Å². The molecule has 2 N–H and O–H groups in total. The number of nitrogens with one attached hydrogen (secondary N) is 1. The minimum Gasteiger partial charge on any atom is -0.491 e. The first-order valence-electron chi connectivity index (χ1n) is 11.0. The predicted molar refractivity (Wildman–Crippen MR) is 116 cm³/mol. The van der Waals surface area contributed by atoms with Crippen LogP contribution in [0, 0.1) is 0 Å². The second kappa shape index (κ2) is 8.55. The second-order valence-corrected chi connectivity index (χ2v) is 8.58. The number of carbonyl (C=O) groups excluding carboxylic acids is 1. The van der Waals surface area contributed by atoms with Gasteiger partial charge in [0.2, 0.25) is 5.92 Å². The van der Waals surface area contributed by atoms with Crippen LogP contribution in [-0.4, -0.2) is 50.5 Å². The fourth-order valence-electron chi connectivity index (χ4n) is 4.40. The Morgan fingerprint density at radius 3 is 2.88 bits per heavy atom. The van der Waals surface area contributed by atoms with Crippen LogP contribution in [-0.2, 0) is 12.8 Å². The number of aliphatic hydroxyl groups excluding tert-OH is 1. The molecule has 1 amide bonds. The highest BCUT2D eigenvalue weighted by Crippen LogP contribution is 2.34. The third-order valence-electron chi connectivity index (χ3n) is 6.14. The lowest BCUT2D eigenvalue weighted by Crippen LogP contribution is -2.50. The van der Waals surface area contributed by atoms with Gasteiger partial charge in [0.05, 0.1) is 30.1 Å². The molecule has 33 heavy (non-hydrogen) atoms. The Bertz CT molecular complexity index is 1150. The molecule has 5 rings (SSSR count). The zero-order chi connectivity index (χ0) is 23.0. The van der Waals surface area contributed by atoms with Gasteiger partial charge in [-0.2, -0.15) is 5.10 Å². The smallest absolute Gasteiger partial charge is 0.270 e. The molecule has 1 fully saturated rings. The number of hydrogen-bond acceptors (Lipinski definition) is 5. The predicted octanol–water partition coefficient (Wildman–Crippen LogP) is 3.07. The van der Waals surface area contributed by atoms with E-state index in [0.29, 0.717) is 30.9 Å². The topological polar surface area (TPSA) is 89.3 Å². The first-order valence-corrected chi connectivity index (χ1v) is 11.0. The molecule has 1 saturated carbocycles. The lowest BCUT2D eigenvalue weighted by Gasteiger charge is -2.33. The number of alkyl halides is 2. The van der Waals surface area contributed by atoms with Crippen molar-refractivity contribution < 1.29 is 23.4 Å². The third-order valence-corrected chi connectivity index (χ3v) is 6.14. The van der Waals surface area contributed by atoms with Crippen molar-refractivity contribution in [2.75, 3.05) is 6.61 Å². The van der Waals surface area contributed by atoms with Gasteiger partial charge in [-0.3, -0.25) is 4.79 Å². The van der Waals surface area contributed by atoms with Gasteiger partial charge in [-0.05, 0) is 36.2 Å². The minimum absolute atomic E-state index is 0.0524. The summed E-state index contributed by atoms with van der Waals surface area (Å²) in [6, 6.07) is 10.4. The van der Waals surface area contributed by atoms with Crippen LogP contribution in [0.2, 0.25) is 0 Å². The molecule has 2 aliphatic rings.